The molecule has 0 aliphatic carbocycles. The highest BCUT2D eigenvalue weighted by molar-refractivity contribution is 5.98. The molecule has 120 valence electrons. The lowest BCUT2D eigenvalue weighted by atomic mass is 10.1. The summed E-state index contributed by atoms with van der Waals surface area (Å²) in [5.41, 5.74) is 4.89. The molecule has 0 saturated carbocycles. The Bertz CT molecular complexity index is 710. The average Bonchev–Trinajstić information content (AvgIpc) is 2.99. The molecule has 3 rings (SSSR count). The number of hydrogen-bond acceptors (Lipinski definition) is 2. The van der Waals surface area contributed by atoms with Crippen molar-refractivity contribution in [3.63, 3.8) is 0 Å². The first-order valence-electron chi connectivity index (χ1n) is 8.22. The number of nitrogens with zero attached hydrogens (tertiary/aromatic N) is 2. The summed E-state index contributed by atoms with van der Waals surface area (Å²) in [6.07, 6.45) is 0.955. The second-order valence-electron chi connectivity index (χ2n) is 6.39. The Morgan fingerprint density at radius 1 is 1.17 bits per heavy atom. The van der Waals surface area contributed by atoms with E-state index >= 15 is 0 Å². The number of likely N-dealkylation sites (N-methyl/N-ethyl adjacent to an activating group) is 1. The van der Waals surface area contributed by atoms with Gasteiger partial charge in [-0.2, -0.15) is 0 Å². The van der Waals surface area contributed by atoms with Gasteiger partial charge in [0.25, 0.3) is 0 Å². The van der Waals surface area contributed by atoms with Crippen LogP contribution in [0.2, 0.25) is 0 Å². The topological polar surface area (TPSA) is 23.6 Å². The summed E-state index contributed by atoms with van der Waals surface area (Å²) in [7, 11) is 2.02. The molecule has 2 aromatic carbocycles. The van der Waals surface area contributed by atoms with Gasteiger partial charge in [-0.1, -0.05) is 42.5 Å². The van der Waals surface area contributed by atoms with E-state index in [1.807, 2.05) is 37.1 Å². The summed E-state index contributed by atoms with van der Waals surface area (Å²) in [6, 6.07) is 16.4. The predicted octanol–water partition coefficient (Wildman–Crippen LogP) is 3.40. The smallest absolute Gasteiger partial charge is 0.244 e. The van der Waals surface area contributed by atoms with Gasteiger partial charge in [-0.25, -0.2) is 0 Å². The van der Waals surface area contributed by atoms with Crippen molar-refractivity contribution in [3.05, 3.63) is 65.2 Å². The zero-order valence-electron chi connectivity index (χ0n) is 14.1. The van der Waals surface area contributed by atoms with E-state index in [2.05, 4.69) is 42.2 Å². The Morgan fingerprint density at radius 3 is 2.65 bits per heavy atom. The van der Waals surface area contributed by atoms with Crippen LogP contribution in [0, 0.1) is 6.92 Å². The number of rotatable bonds is 4. The van der Waals surface area contributed by atoms with Crippen LogP contribution >= 0.6 is 0 Å². The number of carbonyl (C=O) groups is 1. The minimum atomic E-state index is -0.138. The van der Waals surface area contributed by atoms with Gasteiger partial charge in [0.15, 0.2) is 0 Å². The number of hydrogen-bond donors (Lipinski definition) is 0. The molecule has 3 nitrogen and oxygen atoms in total. The number of fused-ring (bicyclic) bond motifs is 1. The Kier molecular flexibility index (Phi) is 4.49. The maximum Gasteiger partial charge on any atom is 0.244 e. The van der Waals surface area contributed by atoms with Crippen molar-refractivity contribution < 1.29 is 4.79 Å². The third kappa shape index (κ3) is 3.15. The maximum absolute atomic E-state index is 12.9. The zero-order valence-corrected chi connectivity index (χ0v) is 14.1. The lowest BCUT2D eigenvalue weighted by molar-refractivity contribution is -0.122. The summed E-state index contributed by atoms with van der Waals surface area (Å²) < 4.78 is 0. The molecule has 0 N–H and O–H groups in total. The largest absolute Gasteiger partial charge is 0.310 e. The SMILES string of the molecule is Cc1ccccc1CN(C)[C@@H](C)C(=O)N1CCc2ccccc21. The molecule has 1 heterocycles. The van der Waals surface area contributed by atoms with Gasteiger partial charge in [-0.15, -0.1) is 0 Å². The Morgan fingerprint density at radius 2 is 1.87 bits per heavy atom. The highest BCUT2D eigenvalue weighted by Gasteiger charge is 2.29. The van der Waals surface area contributed by atoms with E-state index in [1.54, 1.807) is 0 Å². The summed E-state index contributed by atoms with van der Waals surface area (Å²) in [6.45, 7) is 5.70. The first-order valence-corrected chi connectivity index (χ1v) is 8.22. The van der Waals surface area contributed by atoms with Gasteiger partial charge >= 0.3 is 0 Å². The summed E-state index contributed by atoms with van der Waals surface area (Å²) in [5.74, 6) is 0.186. The average molecular weight is 308 g/mol. The van der Waals surface area contributed by atoms with Gasteiger partial charge in [-0.05, 0) is 50.1 Å². The third-order valence-corrected chi connectivity index (χ3v) is 4.85. The Hall–Kier alpha value is -2.13. The Labute approximate surface area is 138 Å². The van der Waals surface area contributed by atoms with Crippen LogP contribution in [0.25, 0.3) is 0 Å². The van der Waals surface area contributed by atoms with Gasteiger partial charge in [0.1, 0.15) is 0 Å². The summed E-state index contributed by atoms with van der Waals surface area (Å²) >= 11 is 0. The minimum absolute atomic E-state index is 0.138. The molecule has 1 aliphatic rings. The molecule has 1 amide bonds. The molecule has 23 heavy (non-hydrogen) atoms. The second kappa shape index (κ2) is 6.55. The standard InChI is InChI=1S/C20H24N2O/c1-15-8-4-5-10-18(15)14-21(3)16(2)20(23)22-13-12-17-9-6-7-11-19(17)22/h4-11,16H,12-14H2,1-3H3/t16-/m0/s1. The Balaban J connectivity index is 1.72. The maximum atomic E-state index is 12.9. The molecule has 3 heteroatoms. The van der Waals surface area contributed by atoms with Crippen LogP contribution in [0.15, 0.2) is 48.5 Å². The number of amides is 1. The monoisotopic (exact) mass is 308 g/mol. The minimum Gasteiger partial charge on any atom is -0.310 e. The molecule has 0 fully saturated rings. The van der Waals surface area contributed by atoms with Gasteiger partial charge in [0.2, 0.25) is 5.91 Å². The van der Waals surface area contributed by atoms with Gasteiger partial charge in [-0.3, -0.25) is 9.69 Å². The number of benzene rings is 2. The van der Waals surface area contributed by atoms with Crippen LogP contribution in [0.5, 0.6) is 0 Å². The van der Waals surface area contributed by atoms with E-state index in [4.69, 9.17) is 0 Å². The zero-order chi connectivity index (χ0) is 16.4. The van der Waals surface area contributed by atoms with Crippen LogP contribution in [-0.4, -0.2) is 30.4 Å². The predicted molar refractivity (Wildman–Crippen MR) is 94.6 cm³/mol. The molecule has 0 unspecified atom stereocenters. The van der Waals surface area contributed by atoms with Crippen molar-refractivity contribution in [2.24, 2.45) is 0 Å². The molecular weight excluding hydrogens is 284 g/mol. The van der Waals surface area contributed by atoms with E-state index in [-0.39, 0.29) is 11.9 Å². The molecule has 0 saturated heterocycles. The lowest BCUT2D eigenvalue weighted by Gasteiger charge is -2.28. The quantitative estimate of drug-likeness (QED) is 0.864. The van der Waals surface area contributed by atoms with E-state index in [9.17, 15) is 4.79 Å². The van der Waals surface area contributed by atoms with Gasteiger partial charge < -0.3 is 4.90 Å². The van der Waals surface area contributed by atoms with E-state index in [0.29, 0.717) is 0 Å². The molecule has 0 aromatic heterocycles. The first-order chi connectivity index (χ1) is 11.1. The van der Waals surface area contributed by atoms with Crippen molar-refractivity contribution >= 4 is 11.6 Å². The van der Waals surface area contributed by atoms with Crippen LogP contribution in [0.4, 0.5) is 5.69 Å². The highest BCUT2D eigenvalue weighted by atomic mass is 16.2. The molecule has 1 atom stereocenters. The molecular formula is C20H24N2O. The highest BCUT2D eigenvalue weighted by Crippen LogP contribution is 2.28. The van der Waals surface area contributed by atoms with Crippen LogP contribution in [0.3, 0.4) is 0 Å². The molecule has 0 spiro atoms. The van der Waals surface area contributed by atoms with Crippen molar-refractivity contribution in [1.29, 1.82) is 0 Å². The normalized spacial score (nSPS) is 14.9. The first kappa shape index (κ1) is 15.8. The van der Waals surface area contributed by atoms with E-state index in [1.165, 1.54) is 16.7 Å². The summed E-state index contributed by atoms with van der Waals surface area (Å²) in [5, 5.41) is 0. The van der Waals surface area contributed by atoms with Crippen molar-refractivity contribution in [2.45, 2.75) is 32.9 Å². The number of carbonyl (C=O) groups excluding carboxylic acids is 1. The third-order valence-electron chi connectivity index (χ3n) is 4.85. The fourth-order valence-corrected chi connectivity index (χ4v) is 3.17. The molecule has 0 bridgehead atoms. The van der Waals surface area contributed by atoms with E-state index in [0.717, 1.165) is 25.2 Å². The fraction of sp³-hybridized carbons (Fsp3) is 0.350. The molecule has 2 aromatic rings. The molecule has 0 radical (unpaired) electrons. The summed E-state index contributed by atoms with van der Waals surface area (Å²) in [4.78, 5) is 17.0. The second-order valence-corrected chi connectivity index (χ2v) is 6.39. The van der Waals surface area contributed by atoms with Crippen LogP contribution < -0.4 is 4.90 Å². The molecule has 1 aliphatic heterocycles. The van der Waals surface area contributed by atoms with Crippen molar-refractivity contribution in [3.8, 4) is 0 Å². The number of aryl methyl sites for hydroxylation is 1. The van der Waals surface area contributed by atoms with Gasteiger partial charge in [0.05, 0.1) is 6.04 Å². The lowest BCUT2D eigenvalue weighted by Crippen LogP contribution is -2.45. The van der Waals surface area contributed by atoms with Crippen molar-refractivity contribution in [2.75, 3.05) is 18.5 Å². The van der Waals surface area contributed by atoms with Crippen LogP contribution in [0.1, 0.15) is 23.6 Å². The number of anilines is 1. The van der Waals surface area contributed by atoms with Gasteiger partial charge in [0, 0.05) is 18.8 Å². The van der Waals surface area contributed by atoms with E-state index < -0.39 is 0 Å². The fourth-order valence-electron chi connectivity index (χ4n) is 3.17. The van der Waals surface area contributed by atoms with Crippen LogP contribution in [-0.2, 0) is 17.8 Å². The number of para-hydroxylation sites is 1. The van der Waals surface area contributed by atoms with Crippen molar-refractivity contribution in [1.82, 2.24) is 4.90 Å².